The van der Waals surface area contributed by atoms with Gasteiger partial charge in [0, 0.05) is 20.6 Å². The van der Waals surface area contributed by atoms with Gasteiger partial charge in [0.2, 0.25) is 5.91 Å². The number of benzene rings is 2. The molecule has 0 unspecified atom stereocenters. The van der Waals surface area contributed by atoms with Gasteiger partial charge >= 0.3 is 0 Å². The van der Waals surface area contributed by atoms with Crippen molar-refractivity contribution < 1.29 is 9.53 Å². The van der Waals surface area contributed by atoms with Crippen LogP contribution in [0.5, 0.6) is 5.75 Å². The van der Waals surface area contributed by atoms with E-state index in [0.717, 1.165) is 10.0 Å². The van der Waals surface area contributed by atoms with Crippen LogP contribution >= 0.6 is 27.5 Å². The molecule has 0 aromatic heterocycles. The minimum Gasteiger partial charge on any atom is -0.489 e. The average Bonchev–Trinajstić information content (AvgIpc) is 2.38. The Labute approximate surface area is 124 Å². The number of carbonyl (C=O) groups excluding carboxylic acids is 1. The second kappa shape index (κ2) is 6.08. The second-order valence-electron chi connectivity index (χ2n) is 3.91. The van der Waals surface area contributed by atoms with Crippen LogP contribution in [0.25, 0.3) is 0 Å². The summed E-state index contributed by atoms with van der Waals surface area (Å²) in [4.78, 5) is 10.9. The Bertz CT molecular complexity index is 599. The molecule has 0 saturated heterocycles. The Kier molecular flexibility index (Phi) is 4.45. The Hall–Kier alpha value is -1.52. The maximum Gasteiger partial charge on any atom is 0.248 e. The maximum absolute atomic E-state index is 10.9. The van der Waals surface area contributed by atoms with Crippen molar-refractivity contribution in [1.82, 2.24) is 0 Å². The third kappa shape index (κ3) is 3.72. The fourth-order valence-electron chi connectivity index (χ4n) is 1.52. The summed E-state index contributed by atoms with van der Waals surface area (Å²) in [6, 6.07) is 12.3. The molecular formula is C14H11BrClNO2. The van der Waals surface area contributed by atoms with Gasteiger partial charge in [0.1, 0.15) is 12.4 Å². The second-order valence-corrected chi connectivity index (χ2v) is 5.24. The van der Waals surface area contributed by atoms with Gasteiger partial charge in [-0.1, -0.05) is 33.6 Å². The van der Waals surface area contributed by atoms with E-state index in [4.69, 9.17) is 22.1 Å². The molecule has 0 aliphatic rings. The van der Waals surface area contributed by atoms with Crippen LogP contribution in [0.3, 0.4) is 0 Å². The number of amides is 1. The van der Waals surface area contributed by atoms with Crippen LogP contribution in [0.2, 0.25) is 5.02 Å². The molecule has 2 N–H and O–H groups in total. The summed E-state index contributed by atoms with van der Waals surface area (Å²) in [6.45, 7) is 0.363. The molecule has 1 amide bonds. The molecule has 2 rings (SSSR count). The van der Waals surface area contributed by atoms with E-state index >= 15 is 0 Å². The normalized spacial score (nSPS) is 10.2. The number of rotatable bonds is 4. The summed E-state index contributed by atoms with van der Waals surface area (Å²) in [5, 5.41) is 0.642. The lowest BCUT2D eigenvalue weighted by atomic mass is 10.2. The van der Waals surface area contributed by atoms with Crippen molar-refractivity contribution in [2.45, 2.75) is 6.61 Å². The van der Waals surface area contributed by atoms with Crippen LogP contribution in [0.15, 0.2) is 46.9 Å². The highest BCUT2D eigenvalue weighted by Crippen LogP contribution is 2.23. The quantitative estimate of drug-likeness (QED) is 0.921. The van der Waals surface area contributed by atoms with Crippen molar-refractivity contribution in [3.05, 3.63) is 63.1 Å². The molecule has 98 valence electrons. The predicted octanol–water partition coefficient (Wildman–Crippen LogP) is 3.78. The molecule has 3 nitrogen and oxygen atoms in total. The van der Waals surface area contributed by atoms with Gasteiger partial charge in [-0.05, 0) is 36.4 Å². The molecular weight excluding hydrogens is 330 g/mol. The molecule has 0 aliphatic heterocycles. The predicted molar refractivity (Wildman–Crippen MR) is 78.4 cm³/mol. The average molecular weight is 341 g/mol. The smallest absolute Gasteiger partial charge is 0.248 e. The first-order valence-electron chi connectivity index (χ1n) is 5.53. The number of hydrogen-bond acceptors (Lipinski definition) is 2. The number of nitrogens with two attached hydrogens (primary N) is 1. The monoisotopic (exact) mass is 339 g/mol. The third-order valence-corrected chi connectivity index (χ3v) is 3.39. The van der Waals surface area contributed by atoms with Crippen LogP contribution in [0.1, 0.15) is 15.9 Å². The lowest BCUT2D eigenvalue weighted by Gasteiger charge is -2.08. The fraction of sp³-hybridized carbons (Fsp3) is 0.0714. The molecule has 0 saturated carbocycles. The third-order valence-electron chi connectivity index (χ3n) is 2.55. The highest BCUT2D eigenvalue weighted by molar-refractivity contribution is 9.10. The first-order valence-corrected chi connectivity index (χ1v) is 6.70. The minimum atomic E-state index is -0.456. The molecule has 0 atom stereocenters. The van der Waals surface area contributed by atoms with E-state index in [1.807, 2.05) is 18.2 Å². The van der Waals surface area contributed by atoms with E-state index in [1.165, 1.54) is 0 Å². The number of halogens is 2. The van der Waals surface area contributed by atoms with Gasteiger partial charge in [-0.2, -0.15) is 0 Å². The summed E-state index contributed by atoms with van der Waals surface area (Å²) in [5.41, 5.74) is 6.51. The van der Waals surface area contributed by atoms with Gasteiger partial charge in [0.25, 0.3) is 0 Å². The van der Waals surface area contributed by atoms with Gasteiger partial charge in [-0.15, -0.1) is 0 Å². The van der Waals surface area contributed by atoms with Crippen molar-refractivity contribution in [3.63, 3.8) is 0 Å². The zero-order chi connectivity index (χ0) is 13.8. The summed E-state index contributed by atoms with van der Waals surface area (Å²) >= 11 is 9.44. The van der Waals surface area contributed by atoms with Crippen LogP contribution in [-0.4, -0.2) is 5.91 Å². The number of primary amides is 1. The molecule has 19 heavy (non-hydrogen) atoms. The summed E-state index contributed by atoms with van der Waals surface area (Å²) in [5.74, 6) is 0.200. The van der Waals surface area contributed by atoms with Crippen LogP contribution in [-0.2, 0) is 6.61 Å². The molecule has 5 heteroatoms. The number of carbonyl (C=O) groups is 1. The molecule has 0 fully saturated rings. The lowest BCUT2D eigenvalue weighted by molar-refractivity contribution is 0.100. The van der Waals surface area contributed by atoms with Crippen molar-refractivity contribution in [2.75, 3.05) is 0 Å². The van der Waals surface area contributed by atoms with Crippen LogP contribution in [0, 0.1) is 0 Å². The van der Waals surface area contributed by atoms with Crippen LogP contribution < -0.4 is 10.5 Å². The Morgan fingerprint density at radius 1 is 1.21 bits per heavy atom. The van der Waals surface area contributed by atoms with Crippen molar-refractivity contribution in [3.8, 4) is 5.75 Å². The maximum atomic E-state index is 10.9. The molecule has 2 aromatic rings. The Balaban J connectivity index is 2.04. The zero-order valence-corrected chi connectivity index (χ0v) is 12.2. The van der Waals surface area contributed by atoms with Gasteiger partial charge in [-0.25, -0.2) is 0 Å². The van der Waals surface area contributed by atoms with E-state index in [1.54, 1.807) is 24.3 Å². The summed E-state index contributed by atoms with van der Waals surface area (Å²) in [6.07, 6.45) is 0. The van der Waals surface area contributed by atoms with E-state index in [0.29, 0.717) is 22.9 Å². The standard InChI is InChI=1S/C14H11BrClNO2/c15-11-4-1-10(13(16)7-11)8-19-12-5-2-9(3-6-12)14(17)18/h1-7H,8H2,(H2,17,18). The molecule has 0 heterocycles. The fourth-order valence-corrected chi connectivity index (χ4v) is 2.24. The number of ether oxygens (including phenoxy) is 1. The topological polar surface area (TPSA) is 52.3 Å². The van der Waals surface area contributed by atoms with Crippen LogP contribution in [0.4, 0.5) is 0 Å². The molecule has 0 bridgehead atoms. The molecule has 0 spiro atoms. The van der Waals surface area contributed by atoms with Gasteiger partial charge in [0.15, 0.2) is 0 Å². The van der Waals surface area contributed by atoms with E-state index in [-0.39, 0.29) is 0 Å². The first kappa shape index (κ1) is 13.9. The Morgan fingerprint density at radius 3 is 2.47 bits per heavy atom. The van der Waals surface area contributed by atoms with Crippen molar-refractivity contribution in [1.29, 1.82) is 0 Å². The molecule has 0 radical (unpaired) electrons. The Morgan fingerprint density at radius 2 is 1.89 bits per heavy atom. The van der Waals surface area contributed by atoms with Gasteiger partial charge < -0.3 is 10.5 Å². The van der Waals surface area contributed by atoms with Gasteiger partial charge in [-0.3, -0.25) is 4.79 Å². The number of hydrogen-bond donors (Lipinski definition) is 1. The van der Waals surface area contributed by atoms with E-state index in [9.17, 15) is 4.79 Å². The lowest BCUT2D eigenvalue weighted by Crippen LogP contribution is -2.10. The van der Waals surface area contributed by atoms with Crippen molar-refractivity contribution in [2.24, 2.45) is 5.73 Å². The molecule has 2 aromatic carbocycles. The van der Waals surface area contributed by atoms with E-state index < -0.39 is 5.91 Å². The SMILES string of the molecule is NC(=O)c1ccc(OCc2ccc(Br)cc2Cl)cc1. The zero-order valence-electron chi connectivity index (χ0n) is 9.90. The highest BCUT2D eigenvalue weighted by Gasteiger charge is 2.03. The highest BCUT2D eigenvalue weighted by atomic mass is 79.9. The van der Waals surface area contributed by atoms with E-state index in [2.05, 4.69) is 15.9 Å². The van der Waals surface area contributed by atoms with Gasteiger partial charge in [0.05, 0.1) is 0 Å². The molecule has 0 aliphatic carbocycles. The van der Waals surface area contributed by atoms with Crippen molar-refractivity contribution >= 4 is 33.4 Å². The summed E-state index contributed by atoms with van der Waals surface area (Å²) in [7, 11) is 0. The first-order chi connectivity index (χ1) is 9.06. The largest absolute Gasteiger partial charge is 0.489 e. The minimum absolute atomic E-state index is 0.363. The summed E-state index contributed by atoms with van der Waals surface area (Å²) < 4.78 is 6.52.